The molecule has 0 radical (unpaired) electrons. The van der Waals surface area contributed by atoms with Crippen LogP contribution in [0.25, 0.3) is 0 Å². The molecule has 1 saturated carbocycles. The number of carbonyl (C=O) groups is 2. The number of rotatable bonds is 8. The Morgan fingerprint density at radius 1 is 0.971 bits per heavy atom. The summed E-state index contributed by atoms with van der Waals surface area (Å²) in [5, 5.41) is 3.18. The zero-order chi connectivity index (χ0) is 24.9. The Morgan fingerprint density at radius 3 is 2.34 bits per heavy atom. The first-order valence-corrected chi connectivity index (χ1v) is 11.9. The molecule has 0 bridgehead atoms. The van der Waals surface area contributed by atoms with E-state index in [-0.39, 0.29) is 17.7 Å². The van der Waals surface area contributed by atoms with E-state index in [4.69, 9.17) is 13.9 Å². The molecule has 184 valence electrons. The van der Waals surface area contributed by atoms with Crippen LogP contribution in [-0.2, 0) is 4.79 Å². The second kappa shape index (κ2) is 10.7. The molecule has 1 unspecified atom stereocenters. The summed E-state index contributed by atoms with van der Waals surface area (Å²) in [4.78, 5) is 29.2. The van der Waals surface area contributed by atoms with Crippen LogP contribution in [0.3, 0.4) is 0 Å². The first-order chi connectivity index (χ1) is 16.9. The van der Waals surface area contributed by atoms with Gasteiger partial charge in [-0.05, 0) is 79.8 Å². The molecule has 1 heterocycles. The summed E-state index contributed by atoms with van der Waals surface area (Å²) in [6.45, 7) is 3.99. The summed E-state index contributed by atoms with van der Waals surface area (Å²) in [6, 6.07) is 13.4. The molecule has 7 nitrogen and oxygen atoms in total. The highest BCUT2D eigenvalue weighted by atomic mass is 16.5. The van der Waals surface area contributed by atoms with Crippen molar-refractivity contribution in [2.24, 2.45) is 0 Å². The van der Waals surface area contributed by atoms with Gasteiger partial charge in [-0.15, -0.1) is 0 Å². The summed E-state index contributed by atoms with van der Waals surface area (Å²) in [7, 11) is 3.11. The number of hydrogen-bond donors (Lipinski definition) is 1. The van der Waals surface area contributed by atoms with Crippen LogP contribution >= 0.6 is 0 Å². The molecule has 1 N–H and O–H groups in total. The van der Waals surface area contributed by atoms with Gasteiger partial charge in [-0.25, -0.2) is 0 Å². The Labute approximate surface area is 206 Å². The number of nitrogens with zero attached hydrogens (tertiary/aromatic N) is 1. The van der Waals surface area contributed by atoms with E-state index in [0.29, 0.717) is 22.7 Å². The smallest absolute Gasteiger partial charge is 0.294 e. The highest BCUT2D eigenvalue weighted by Crippen LogP contribution is 2.36. The minimum atomic E-state index is -0.949. The van der Waals surface area contributed by atoms with Gasteiger partial charge in [0.25, 0.3) is 5.91 Å². The van der Waals surface area contributed by atoms with E-state index in [1.807, 2.05) is 32.0 Å². The van der Waals surface area contributed by atoms with Crippen molar-refractivity contribution in [2.45, 2.75) is 51.6 Å². The number of furan rings is 1. The lowest BCUT2D eigenvalue weighted by Crippen LogP contribution is -2.46. The fourth-order valence-corrected chi connectivity index (χ4v) is 4.57. The van der Waals surface area contributed by atoms with Crippen molar-refractivity contribution in [3.63, 3.8) is 0 Å². The Balaban J connectivity index is 1.86. The largest absolute Gasteiger partial charge is 0.493 e. The van der Waals surface area contributed by atoms with E-state index in [0.717, 1.165) is 36.8 Å². The average molecular weight is 477 g/mol. The Hall–Kier alpha value is -3.74. The van der Waals surface area contributed by atoms with Gasteiger partial charge >= 0.3 is 0 Å². The lowest BCUT2D eigenvalue weighted by Gasteiger charge is -2.32. The lowest BCUT2D eigenvalue weighted by atomic mass is 10.00. The summed E-state index contributed by atoms with van der Waals surface area (Å²) >= 11 is 0. The van der Waals surface area contributed by atoms with Gasteiger partial charge < -0.3 is 19.2 Å². The lowest BCUT2D eigenvalue weighted by molar-refractivity contribution is -0.123. The molecule has 3 aromatic rings. The molecule has 0 spiro atoms. The molecule has 1 aromatic heterocycles. The van der Waals surface area contributed by atoms with Gasteiger partial charge in [-0.2, -0.15) is 0 Å². The third kappa shape index (κ3) is 5.19. The van der Waals surface area contributed by atoms with Gasteiger partial charge in [0.15, 0.2) is 17.3 Å². The normalized spacial score (nSPS) is 14.4. The maximum absolute atomic E-state index is 13.9. The summed E-state index contributed by atoms with van der Waals surface area (Å²) < 4.78 is 16.4. The van der Waals surface area contributed by atoms with Gasteiger partial charge in [0.2, 0.25) is 5.91 Å². The van der Waals surface area contributed by atoms with E-state index in [2.05, 4.69) is 5.32 Å². The molecule has 1 fully saturated rings. The Kier molecular flexibility index (Phi) is 7.44. The molecular formula is C28H32N2O5. The first kappa shape index (κ1) is 24.4. The van der Waals surface area contributed by atoms with Crippen LogP contribution in [0.4, 0.5) is 5.69 Å². The van der Waals surface area contributed by atoms with E-state index >= 15 is 0 Å². The van der Waals surface area contributed by atoms with E-state index in [9.17, 15) is 9.59 Å². The fourth-order valence-electron chi connectivity index (χ4n) is 4.57. The molecule has 35 heavy (non-hydrogen) atoms. The highest BCUT2D eigenvalue weighted by molar-refractivity contribution is 6.08. The molecule has 4 rings (SSSR count). The topological polar surface area (TPSA) is 81.0 Å². The SMILES string of the molecule is COc1ccc(C(C(=O)NC2CCCC2)N(C(=O)c2ccco2)c2ccc(C)c(C)c2)cc1OC. The van der Waals surface area contributed by atoms with Crippen molar-refractivity contribution in [2.75, 3.05) is 19.1 Å². The quantitative estimate of drug-likeness (QED) is 0.473. The van der Waals surface area contributed by atoms with Crippen LogP contribution in [0, 0.1) is 13.8 Å². The fraction of sp³-hybridized carbons (Fsp3) is 0.357. The number of hydrogen-bond acceptors (Lipinski definition) is 5. The van der Waals surface area contributed by atoms with Crippen molar-refractivity contribution in [1.82, 2.24) is 5.32 Å². The Morgan fingerprint density at radius 2 is 1.71 bits per heavy atom. The van der Waals surface area contributed by atoms with Crippen molar-refractivity contribution in [3.05, 3.63) is 77.2 Å². The molecule has 0 aliphatic heterocycles. The van der Waals surface area contributed by atoms with Crippen molar-refractivity contribution >= 4 is 17.5 Å². The maximum atomic E-state index is 13.9. The molecule has 2 amide bonds. The van der Waals surface area contributed by atoms with Gasteiger partial charge in [0, 0.05) is 11.7 Å². The van der Waals surface area contributed by atoms with Crippen LogP contribution < -0.4 is 19.7 Å². The van der Waals surface area contributed by atoms with Crippen LogP contribution in [0.15, 0.2) is 59.2 Å². The zero-order valence-electron chi connectivity index (χ0n) is 20.7. The molecule has 2 aromatic carbocycles. The summed E-state index contributed by atoms with van der Waals surface area (Å²) in [5.74, 6) is 0.527. The zero-order valence-corrected chi connectivity index (χ0v) is 20.7. The standard InChI is InChI=1S/C28H32N2O5/c1-18-11-13-22(16-19(18)2)30(28(32)24-10-7-15-35-24)26(27(31)29-21-8-5-6-9-21)20-12-14-23(33-3)25(17-20)34-4/h7,10-17,21,26H,5-6,8-9H2,1-4H3,(H,29,31). The molecule has 0 saturated heterocycles. The van der Waals surface area contributed by atoms with Crippen LogP contribution in [0.1, 0.15) is 59.0 Å². The second-order valence-corrected chi connectivity index (χ2v) is 8.93. The predicted molar refractivity (Wildman–Crippen MR) is 134 cm³/mol. The molecule has 1 aliphatic rings. The van der Waals surface area contributed by atoms with Crippen molar-refractivity contribution in [1.29, 1.82) is 0 Å². The van der Waals surface area contributed by atoms with Crippen molar-refractivity contribution in [3.8, 4) is 11.5 Å². The number of ether oxygens (including phenoxy) is 2. The molecular weight excluding hydrogens is 444 g/mol. The van der Waals surface area contributed by atoms with Crippen LogP contribution in [-0.4, -0.2) is 32.1 Å². The minimum Gasteiger partial charge on any atom is -0.493 e. The maximum Gasteiger partial charge on any atom is 0.294 e. The third-order valence-corrected chi connectivity index (χ3v) is 6.65. The number of aryl methyl sites for hydroxylation is 2. The van der Waals surface area contributed by atoms with Gasteiger partial charge in [-0.3, -0.25) is 14.5 Å². The average Bonchev–Trinajstić information content (AvgIpc) is 3.58. The number of nitrogens with one attached hydrogen (secondary N) is 1. The minimum absolute atomic E-state index is 0.0884. The van der Waals surface area contributed by atoms with E-state index < -0.39 is 11.9 Å². The second-order valence-electron chi connectivity index (χ2n) is 8.93. The summed E-state index contributed by atoms with van der Waals surface area (Å²) in [6.07, 6.45) is 5.48. The monoisotopic (exact) mass is 476 g/mol. The molecule has 1 aliphatic carbocycles. The molecule has 1 atom stereocenters. The Bertz CT molecular complexity index is 1180. The number of methoxy groups -OCH3 is 2. The van der Waals surface area contributed by atoms with Crippen LogP contribution in [0.2, 0.25) is 0 Å². The number of carbonyl (C=O) groups excluding carboxylic acids is 2. The van der Waals surface area contributed by atoms with E-state index in [1.54, 1.807) is 44.6 Å². The van der Waals surface area contributed by atoms with Gasteiger partial charge in [0.05, 0.1) is 20.5 Å². The molecule has 7 heteroatoms. The number of anilines is 1. The van der Waals surface area contributed by atoms with Crippen molar-refractivity contribution < 1.29 is 23.5 Å². The van der Waals surface area contributed by atoms with Gasteiger partial charge in [-0.1, -0.05) is 25.0 Å². The van der Waals surface area contributed by atoms with E-state index in [1.165, 1.54) is 11.2 Å². The number of benzene rings is 2. The predicted octanol–water partition coefficient (Wildman–Crippen LogP) is 5.36. The summed E-state index contributed by atoms with van der Waals surface area (Å²) in [5.41, 5.74) is 3.33. The van der Waals surface area contributed by atoms with Gasteiger partial charge in [0.1, 0.15) is 6.04 Å². The highest BCUT2D eigenvalue weighted by Gasteiger charge is 2.36. The first-order valence-electron chi connectivity index (χ1n) is 11.9. The number of amides is 2. The van der Waals surface area contributed by atoms with Crippen LogP contribution in [0.5, 0.6) is 11.5 Å². The third-order valence-electron chi connectivity index (χ3n) is 6.65.